The number of benzene rings is 11. The van der Waals surface area contributed by atoms with Gasteiger partial charge in [-0.3, -0.25) is 0 Å². The Balaban J connectivity index is 0.873. The van der Waals surface area contributed by atoms with E-state index in [1.54, 1.807) is 0 Å². The minimum Gasteiger partial charge on any atom is -0.455 e. The fourth-order valence-electron chi connectivity index (χ4n) is 11.9. The molecular weight excluding hydrogens is 849 g/mol. The second-order valence-electron chi connectivity index (χ2n) is 18.4. The molecule has 14 aromatic rings. The Bertz CT molecular complexity index is 4700. The Kier molecular flexibility index (Phi) is 7.28. The summed E-state index contributed by atoms with van der Waals surface area (Å²) in [6.07, 6.45) is 0. The van der Waals surface area contributed by atoms with E-state index in [0.29, 0.717) is 0 Å². The molecule has 0 fully saturated rings. The van der Waals surface area contributed by atoms with Crippen LogP contribution < -0.4 is 0 Å². The molecule has 0 spiro atoms. The highest BCUT2D eigenvalue weighted by molar-refractivity contribution is 6.14. The van der Waals surface area contributed by atoms with E-state index in [2.05, 4.69) is 185 Å². The van der Waals surface area contributed by atoms with Crippen molar-refractivity contribution in [3.8, 4) is 44.8 Å². The van der Waals surface area contributed by atoms with Crippen molar-refractivity contribution in [3.63, 3.8) is 0 Å². The van der Waals surface area contributed by atoms with Crippen LogP contribution in [0.15, 0.2) is 259 Å². The number of fused-ring (bicyclic) bond motifs is 12. The zero-order valence-electron chi connectivity index (χ0n) is 42.7. The number of furan rings is 1. The fraction of sp³-hybridized carbons (Fsp3) is 0.0149. The summed E-state index contributed by atoms with van der Waals surface area (Å²) in [4.78, 5) is 0. The van der Waals surface area contributed by atoms with Crippen molar-refractivity contribution in [1.82, 2.24) is 9.13 Å². The van der Waals surface area contributed by atoms with Crippen LogP contribution in [0.1, 0.15) is 29.1 Å². The van der Waals surface area contributed by atoms with Gasteiger partial charge in [-0.2, -0.15) is 0 Å². The lowest BCUT2D eigenvalue weighted by molar-refractivity contribution is 0.669. The SMILES string of the molecule is [2H]c1c([2H])c([2H])c(C2(c3ccccc3)c3ccccc3-c3ccc(-c4cccc5c4oc4cc(-n6c7ccccc7c7cc(-c8ccc9c(c8)c8ccccc8n9-c8ccccc8)ccc76)ccc45)cc32)c([2H])c1[2H]. The topological polar surface area (TPSA) is 23.0 Å². The molecule has 1 unspecified atom stereocenters. The predicted molar refractivity (Wildman–Crippen MR) is 291 cm³/mol. The molecular formula is C67H42N2O. The van der Waals surface area contributed by atoms with Gasteiger partial charge in [0.1, 0.15) is 11.2 Å². The maximum absolute atomic E-state index is 9.43. The summed E-state index contributed by atoms with van der Waals surface area (Å²) in [7, 11) is 0. The normalized spacial score (nSPS) is 15.3. The Morgan fingerprint density at radius 1 is 0.343 bits per heavy atom. The van der Waals surface area contributed by atoms with Crippen LogP contribution in [0.2, 0.25) is 0 Å². The first-order chi connectivity index (χ1) is 36.8. The molecule has 3 nitrogen and oxygen atoms in total. The van der Waals surface area contributed by atoms with Gasteiger partial charge < -0.3 is 13.6 Å². The molecule has 1 atom stereocenters. The van der Waals surface area contributed by atoms with Gasteiger partial charge in [0.25, 0.3) is 0 Å². The molecule has 0 aliphatic heterocycles. The molecule has 0 bridgehead atoms. The number of rotatable bonds is 6. The van der Waals surface area contributed by atoms with E-state index in [9.17, 15) is 2.74 Å². The van der Waals surface area contributed by atoms with Gasteiger partial charge in [0, 0.05) is 55.3 Å². The Morgan fingerprint density at radius 3 is 1.64 bits per heavy atom. The maximum Gasteiger partial charge on any atom is 0.143 e. The Labute approximate surface area is 411 Å². The van der Waals surface area contributed by atoms with Crippen molar-refractivity contribution < 1.29 is 11.3 Å². The number of aromatic nitrogens is 2. The highest BCUT2D eigenvalue weighted by Gasteiger charge is 2.46. The first-order valence-electron chi connectivity index (χ1n) is 26.2. The van der Waals surface area contributed by atoms with Crippen molar-refractivity contribution in [2.75, 3.05) is 0 Å². The lowest BCUT2D eigenvalue weighted by atomic mass is 9.67. The van der Waals surface area contributed by atoms with Crippen LogP contribution in [0.25, 0.3) is 110 Å². The number of para-hydroxylation sites is 4. The zero-order chi connectivity index (χ0) is 50.3. The number of nitrogens with zero attached hydrogens (tertiary/aromatic N) is 2. The van der Waals surface area contributed by atoms with Crippen LogP contribution in [0.3, 0.4) is 0 Å². The van der Waals surface area contributed by atoms with Crippen LogP contribution in [0.4, 0.5) is 0 Å². The van der Waals surface area contributed by atoms with Crippen molar-refractivity contribution in [2.45, 2.75) is 5.41 Å². The first-order valence-corrected chi connectivity index (χ1v) is 23.7. The minimum atomic E-state index is -1.23. The standard InChI is InChI=1S/C67H42N2O/c1-4-17-46(18-5-1)67(47-19-6-2-7-20-47)59-28-13-10-23-51(59)52-35-31-45(41-60(52)67)50-26-16-27-56-55-36-34-49(42-65(55)70-66(50)56)69-62-30-15-12-25-54(62)58-40-44(33-38-64(58)69)43-32-37-63-57(39-43)53-24-11-14-29-61(53)68(63)48-21-8-3-9-22-48/h1-42H/i1D,4D,5D,17D,18D. The third-order valence-electron chi connectivity index (χ3n) is 14.9. The highest BCUT2D eigenvalue weighted by atomic mass is 16.3. The third-order valence-corrected chi connectivity index (χ3v) is 14.9. The second-order valence-corrected chi connectivity index (χ2v) is 18.4. The van der Waals surface area contributed by atoms with E-state index in [-0.39, 0.29) is 29.7 Å². The van der Waals surface area contributed by atoms with E-state index < -0.39 is 11.5 Å². The van der Waals surface area contributed by atoms with Crippen LogP contribution >= 0.6 is 0 Å². The molecule has 3 heteroatoms. The van der Waals surface area contributed by atoms with Gasteiger partial charge in [-0.25, -0.2) is 0 Å². The molecule has 326 valence electrons. The Hall–Kier alpha value is -9.18. The molecule has 0 amide bonds. The average Bonchev–Trinajstić information content (AvgIpc) is 4.31. The lowest BCUT2D eigenvalue weighted by Gasteiger charge is -2.34. The summed E-state index contributed by atoms with van der Waals surface area (Å²) in [6.45, 7) is 0. The molecule has 0 saturated heterocycles. The molecule has 0 N–H and O–H groups in total. The van der Waals surface area contributed by atoms with Crippen molar-refractivity contribution in [1.29, 1.82) is 0 Å². The van der Waals surface area contributed by atoms with Gasteiger partial charge in [-0.1, -0.05) is 182 Å². The lowest BCUT2D eigenvalue weighted by Crippen LogP contribution is -2.28. The number of hydrogen-bond donors (Lipinski definition) is 0. The van der Waals surface area contributed by atoms with Gasteiger partial charge in [-0.05, 0) is 117 Å². The fourth-order valence-corrected chi connectivity index (χ4v) is 11.9. The van der Waals surface area contributed by atoms with Gasteiger partial charge in [-0.15, -0.1) is 0 Å². The summed E-state index contributed by atoms with van der Waals surface area (Å²) in [5.74, 6) is 0. The van der Waals surface area contributed by atoms with Gasteiger partial charge in [0.05, 0.1) is 34.3 Å². The molecule has 0 saturated carbocycles. The quantitative estimate of drug-likeness (QED) is 0.163. The molecule has 1 aliphatic carbocycles. The first kappa shape index (κ1) is 34.2. The van der Waals surface area contributed by atoms with Crippen molar-refractivity contribution >= 4 is 65.6 Å². The van der Waals surface area contributed by atoms with E-state index in [4.69, 9.17) is 8.53 Å². The van der Waals surface area contributed by atoms with E-state index in [1.807, 2.05) is 48.5 Å². The molecule has 3 heterocycles. The maximum atomic E-state index is 9.43. The van der Waals surface area contributed by atoms with Gasteiger partial charge >= 0.3 is 0 Å². The molecule has 3 aromatic heterocycles. The van der Waals surface area contributed by atoms with Crippen LogP contribution in [0, 0.1) is 0 Å². The van der Waals surface area contributed by atoms with Crippen LogP contribution in [-0.4, -0.2) is 9.13 Å². The minimum absolute atomic E-state index is 0.224. The average molecular weight is 896 g/mol. The molecule has 0 radical (unpaired) electrons. The molecule has 15 rings (SSSR count). The van der Waals surface area contributed by atoms with E-state index in [0.717, 1.165) is 105 Å². The van der Waals surface area contributed by atoms with E-state index >= 15 is 0 Å². The summed E-state index contributed by atoms with van der Waals surface area (Å²) < 4.78 is 56.8. The molecule has 1 aliphatic rings. The van der Waals surface area contributed by atoms with Gasteiger partial charge in [0.2, 0.25) is 0 Å². The summed E-state index contributed by atoms with van der Waals surface area (Å²) >= 11 is 0. The smallest absolute Gasteiger partial charge is 0.143 e. The third kappa shape index (κ3) is 5.46. The summed E-state index contributed by atoms with van der Waals surface area (Å²) in [6, 6.07) is 76.9. The second kappa shape index (κ2) is 14.9. The monoisotopic (exact) mass is 895 g/mol. The molecule has 70 heavy (non-hydrogen) atoms. The predicted octanol–water partition coefficient (Wildman–Crippen LogP) is 17.5. The van der Waals surface area contributed by atoms with Crippen LogP contribution in [-0.2, 0) is 5.41 Å². The summed E-state index contributed by atoms with van der Waals surface area (Å²) in [5.41, 5.74) is 15.7. The zero-order valence-corrected chi connectivity index (χ0v) is 37.7. The molecule has 11 aromatic carbocycles. The number of hydrogen-bond acceptors (Lipinski definition) is 1. The van der Waals surface area contributed by atoms with Crippen molar-refractivity contribution in [2.24, 2.45) is 0 Å². The summed E-state index contributed by atoms with van der Waals surface area (Å²) in [5, 5.41) is 6.74. The van der Waals surface area contributed by atoms with Crippen LogP contribution in [0.5, 0.6) is 0 Å². The van der Waals surface area contributed by atoms with Crippen molar-refractivity contribution in [3.05, 3.63) is 277 Å². The van der Waals surface area contributed by atoms with Gasteiger partial charge in [0.15, 0.2) is 0 Å². The Morgan fingerprint density at radius 2 is 0.914 bits per heavy atom. The highest BCUT2D eigenvalue weighted by Crippen LogP contribution is 2.57. The van der Waals surface area contributed by atoms with E-state index in [1.165, 1.54) is 21.8 Å². The largest absolute Gasteiger partial charge is 0.455 e.